The molecule has 0 N–H and O–H groups in total. The van der Waals surface area contributed by atoms with Crippen LogP contribution in [-0.2, 0) is 9.53 Å². The van der Waals surface area contributed by atoms with Gasteiger partial charge in [0.05, 0.1) is 12.2 Å². The molecule has 0 aliphatic carbocycles. The fraction of sp³-hybridized carbons (Fsp3) is 0.0952. The van der Waals surface area contributed by atoms with Crippen molar-refractivity contribution in [3.8, 4) is 0 Å². The summed E-state index contributed by atoms with van der Waals surface area (Å²) in [5.41, 5.74) is 2.42. The lowest BCUT2D eigenvalue weighted by Crippen LogP contribution is -2.06. The Morgan fingerprint density at radius 1 is 0.913 bits per heavy atom. The Hall–Kier alpha value is -2.87. The number of hydrogen-bond acceptors (Lipinski definition) is 2. The lowest BCUT2D eigenvalue weighted by molar-refractivity contribution is -0.136. The molecule has 23 heavy (non-hydrogen) atoms. The summed E-state index contributed by atoms with van der Waals surface area (Å²) in [5.74, 6) is -0.299. The van der Waals surface area contributed by atoms with Gasteiger partial charge in [-0.2, -0.15) is 0 Å². The average Bonchev–Trinajstić information content (AvgIpc) is 2.60. The summed E-state index contributed by atoms with van der Waals surface area (Å²) in [7, 11) is 0. The first-order valence-electron chi connectivity index (χ1n) is 7.71. The van der Waals surface area contributed by atoms with Gasteiger partial charge in [-0.3, -0.25) is 0 Å². The van der Waals surface area contributed by atoms with Gasteiger partial charge in [0.1, 0.15) is 0 Å². The van der Waals surface area contributed by atoms with Crippen LogP contribution < -0.4 is 0 Å². The van der Waals surface area contributed by atoms with Crippen LogP contribution in [0.2, 0.25) is 0 Å². The molecule has 2 nitrogen and oxygen atoms in total. The molecule has 0 fully saturated rings. The van der Waals surface area contributed by atoms with Crippen LogP contribution in [0.5, 0.6) is 0 Å². The molecule has 0 bridgehead atoms. The molecular weight excluding hydrogens is 284 g/mol. The minimum absolute atomic E-state index is 0.299. The van der Waals surface area contributed by atoms with Crippen LogP contribution >= 0.6 is 0 Å². The Kier molecular flexibility index (Phi) is 4.53. The van der Waals surface area contributed by atoms with Gasteiger partial charge >= 0.3 is 5.97 Å². The highest BCUT2D eigenvalue weighted by Crippen LogP contribution is 2.24. The van der Waals surface area contributed by atoms with Gasteiger partial charge in [-0.05, 0) is 41.0 Å². The molecule has 114 valence electrons. The largest absolute Gasteiger partial charge is 0.462 e. The Bertz CT molecular complexity index is 848. The Labute approximate surface area is 136 Å². The Morgan fingerprint density at radius 2 is 1.61 bits per heavy atom. The van der Waals surface area contributed by atoms with Crippen LogP contribution in [0, 0.1) is 0 Å². The van der Waals surface area contributed by atoms with E-state index in [0.29, 0.717) is 12.2 Å². The summed E-state index contributed by atoms with van der Waals surface area (Å²) in [6.07, 6.45) is 1.88. The molecular formula is C21H18O2. The van der Waals surface area contributed by atoms with Gasteiger partial charge in [0.2, 0.25) is 0 Å². The second kappa shape index (κ2) is 6.93. The maximum atomic E-state index is 12.4. The van der Waals surface area contributed by atoms with Crippen molar-refractivity contribution in [2.75, 3.05) is 6.61 Å². The second-order valence-corrected chi connectivity index (χ2v) is 5.25. The van der Waals surface area contributed by atoms with E-state index in [1.807, 2.05) is 79.7 Å². The van der Waals surface area contributed by atoms with Gasteiger partial charge in [0.25, 0.3) is 0 Å². The molecule has 0 amide bonds. The molecule has 0 aliphatic rings. The average molecular weight is 302 g/mol. The quantitative estimate of drug-likeness (QED) is 0.387. The highest BCUT2D eigenvalue weighted by atomic mass is 16.5. The normalized spacial score (nSPS) is 11.4. The van der Waals surface area contributed by atoms with Gasteiger partial charge in [0, 0.05) is 0 Å². The van der Waals surface area contributed by atoms with E-state index in [0.717, 1.165) is 21.9 Å². The van der Waals surface area contributed by atoms with Crippen LogP contribution in [0.3, 0.4) is 0 Å². The monoisotopic (exact) mass is 302 g/mol. The van der Waals surface area contributed by atoms with Crippen LogP contribution in [0.25, 0.3) is 22.4 Å². The molecule has 3 aromatic rings. The second-order valence-electron chi connectivity index (χ2n) is 5.25. The van der Waals surface area contributed by atoms with Crippen molar-refractivity contribution in [3.63, 3.8) is 0 Å². The molecule has 0 aliphatic heterocycles. The van der Waals surface area contributed by atoms with Crippen molar-refractivity contribution >= 4 is 28.4 Å². The number of esters is 1. The Morgan fingerprint density at radius 3 is 2.35 bits per heavy atom. The fourth-order valence-electron chi connectivity index (χ4n) is 2.54. The zero-order valence-electron chi connectivity index (χ0n) is 13.0. The summed E-state index contributed by atoms with van der Waals surface area (Å²) < 4.78 is 5.24. The molecule has 2 heteroatoms. The number of rotatable bonds is 4. The van der Waals surface area contributed by atoms with E-state index in [-0.39, 0.29) is 5.97 Å². The van der Waals surface area contributed by atoms with E-state index in [2.05, 4.69) is 6.07 Å². The molecule has 0 saturated carbocycles. The Balaban J connectivity index is 2.09. The van der Waals surface area contributed by atoms with Crippen molar-refractivity contribution in [3.05, 3.63) is 83.9 Å². The van der Waals surface area contributed by atoms with Crippen molar-refractivity contribution in [1.29, 1.82) is 0 Å². The fourth-order valence-corrected chi connectivity index (χ4v) is 2.54. The van der Waals surface area contributed by atoms with E-state index in [9.17, 15) is 4.79 Å². The number of fused-ring (bicyclic) bond motifs is 1. The minimum Gasteiger partial charge on any atom is -0.462 e. The van der Waals surface area contributed by atoms with Gasteiger partial charge in [-0.1, -0.05) is 66.7 Å². The van der Waals surface area contributed by atoms with E-state index >= 15 is 0 Å². The van der Waals surface area contributed by atoms with E-state index in [4.69, 9.17) is 4.74 Å². The molecule has 0 aromatic heterocycles. The number of carbonyl (C=O) groups is 1. The van der Waals surface area contributed by atoms with E-state index in [1.54, 1.807) is 0 Å². The molecule has 0 spiro atoms. The highest BCUT2D eigenvalue weighted by molar-refractivity contribution is 6.22. The van der Waals surface area contributed by atoms with Gasteiger partial charge in [-0.25, -0.2) is 4.79 Å². The maximum absolute atomic E-state index is 12.4. The molecule has 0 saturated heterocycles. The molecule has 0 atom stereocenters. The lowest BCUT2D eigenvalue weighted by atomic mass is 9.99. The van der Waals surface area contributed by atoms with Crippen LogP contribution in [-0.4, -0.2) is 12.6 Å². The number of benzene rings is 3. The van der Waals surface area contributed by atoms with E-state index in [1.165, 1.54) is 0 Å². The SMILES string of the molecule is CCOC(=O)/C(=C/c1ccccc1)c1ccc2ccccc2c1. The molecule has 0 unspecified atom stereocenters. The first kappa shape index (κ1) is 15.0. The predicted molar refractivity (Wildman–Crippen MR) is 94.9 cm³/mol. The summed E-state index contributed by atoms with van der Waals surface area (Å²) in [4.78, 5) is 12.4. The topological polar surface area (TPSA) is 26.3 Å². The van der Waals surface area contributed by atoms with Crippen LogP contribution in [0.1, 0.15) is 18.1 Å². The van der Waals surface area contributed by atoms with Crippen LogP contribution in [0.15, 0.2) is 72.8 Å². The van der Waals surface area contributed by atoms with Crippen molar-refractivity contribution in [2.24, 2.45) is 0 Å². The zero-order valence-corrected chi connectivity index (χ0v) is 13.0. The minimum atomic E-state index is -0.299. The summed E-state index contributed by atoms with van der Waals surface area (Å²) in [5, 5.41) is 2.26. The first-order valence-corrected chi connectivity index (χ1v) is 7.71. The standard InChI is InChI=1S/C21H18O2/c1-2-23-21(22)20(14-16-8-4-3-5-9-16)19-13-12-17-10-6-7-11-18(17)15-19/h3-15H,2H2,1H3/b20-14+. The number of carbonyl (C=O) groups excluding carboxylic acids is 1. The third-order valence-corrected chi connectivity index (χ3v) is 3.67. The van der Waals surface area contributed by atoms with Crippen molar-refractivity contribution in [1.82, 2.24) is 0 Å². The van der Waals surface area contributed by atoms with Gasteiger partial charge in [0.15, 0.2) is 0 Å². The lowest BCUT2D eigenvalue weighted by Gasteiger charge is -2.09. The van der Waals surface area contributed by atoms with Crippen molar-refractivity contribution < 1.29 is 9.53 Å². The number of hydrogen-bond donors (Lipinski definition) is 0. The number of ether oxygens (including phenoxy) is 1. The summed E-state index contributed by atoms with van der Waals surface area (Å²) in [6.45, 7) is 2.18. The predicted octanol–water partition coefficient (Wildman–Crippen LogP) is 4.94. The third kappa shape index (κ3) is 3.49. The molecule has 0 heterocycles. The first-order chi connectivity index (χ1) is 11.3. The molecule has 3 aromatic carbocycles. The van der Waals surface area contributed by atoms with E-state index < -0.39 is 0 Å². The smallest absolute Gasteiger partial charge is 0.338 e. The van der Waals surface area contributed by atoms with Gasteiger partial charge in [-0.15, -0.1) is 0 Å². The van der Waals surface area contributed by atoms with Crippen molar-refractivity contribution in [2.45, 2.75) is 6.92 Å². The zero-order chi connectivity index (χ0) is 16.1. The highest BCUT2D eigenvalue weighted by Gasteiger charge is 2.13. The summed E-state index contributed by atoms with van der Waals surface area (Å²) in [6, 6.07) is 23.9. The summed E-state index contributed by atoms with van der Waals surface area (Å²) >= 11 is 0. The van der Waals surface area contributed by atoms with Gasteiger partial charge < -0.3 is 4.74 Å². The van der Waals surface area contributed by atoms with Crippen LogP contribution in [0.4, 0.5) is 0 Å². The maximum Gasteiger partial charge on any atom is 0.338 e. The third-order valence-electron chi connectivity index (χ3n) is 3.67. The molecule has 0 radical (unpaired) electrons. The molecule has 3 rings (SSSR count).